The molecule has 1 fully saturated rings. The van der Waals surface area contributed by atoms with Crippen molar-refractivity contribution in [2.24, 2.45) is 5.73 Å². The lowest BCUT2D eigenvalue weighted by Crippen LogP contribution is -2.32. The standard InChI is InChI=1S/C16H22N2O2S/c1-20-14-8-7-12(10-13(14)16(17)21)11-18-9-5-3-2-4-6-15(18)19/h7-8,10H,2-6,9,11H2,1H3,(H2,17,21). The molecule has 0 unspecified atom stereocenters. The summed E-state index contributed by atoms with van der Waals surface area (Å²) in [5.41, 5.74) is 7.50. The summed E-state index contributed by atoms with van der Waals surface area (Å²) < 4.78 is 5.26. The number of benzene rings is 1. The van der Waals surface area contributed by atoms with E-state index < -0.39 is 0 Å². The predicted octanol–water partition coefficient (Wildman–Crippen LogP) is 2.62. The Labute approximate surface area is 131 Å². The molecule has 2 N–H and O–H groups in total. The SMILES string of the molecule is COc1ccc(CN2CCCCCCC2=O)cc1C(N)=S. The van der Waals surface area contributed by atoms with Gasteiger partial charge in [0.1, 0.15) is 10.7 Å². The van der Waals surface area contributed by atoms with Crippen molar-refractivity contribution >= 4 is 23.1 Å². The number of carbonyl (C=O) groups is 1. The van der Waals surface area contributed by atoms with Crippen LogP contribution < -0.4 is 10.5 Å². The normalized spacial score (nSPS) is 16.2. The number of hydrogen-bond acceptors (Lipinski definition) is 3. The highest BCUT2D eigenvalue weighted by Crippen LogP contribution is 2.22. The van der Waals surface area contributed by atoms with Crippen molar-refractivity contribution in [3.8, 4) is 5.75 Å². The zero-order valence-electron chi connectivity index (χ0n) is 12.4. The van der Waals surface area contributed by atoms with Crippen molar-refractivity contribution in [3.63, 3.8) is 0 Å². The molecular weight excluding hydrogens is 284 g/mol. The van der Waals surface area contributed by atoms with Crippen LogP contribution in [0.3, 0.4) is 0 Å². The van der Waals surface area contributed by atoms with Gasteiger partial charge in [-0.2, -0.15) is 0 Å². The van der Waals surface area contributed by atoms with Crippen LogP contribution in [0.25, 0.3) is 0 Å². The molecule has 0 aliphatic carbocycles. The minimum atomic E-state index is 0.238. The molecule has 0 atom stereocenters. The lowest BCUT2D eigenvalue weighted by Gasteiger charge is -2.25. The Morgan fingerprint density at radius 1 is 1.33 bits per heavy atom. The molecule has 0 bridgehead atoms. The topological polar surface area (TPSA) is 55.6 Å². The first-order chi connectivity index (χ1) is 10.1. The number of likely N-dealkylation sites (tertiary alicyclic amines) is 1. The maximum atomic E-state index is 12.2. The monoisotopic (exact) mass is 306 g/mol. The summed E-state index contributed by atoms with van der Waals surface area (Å²) in [4.78, 5) is 14.4. The smallest absolute Gasteiger partial charge is 0.222 e. The number of ether oxygens (including phenoxy) is 1. The summed E-state index contributed by atoms with van der Waals surface area (Å²) in [6.07, 6.45) is 5.08. The van der Waals surface area contributed by atoms with Crippen LogP contribution in [0.1, 0.15) is 43.2 Å². The maximum Gasteiger partial charge on any atom is 0.222 e. The highest BCUT2D eigenvalue weighted by molar-refractivity contribution is 7.80. The highest BCUT2D eigenvalue weighted by Gasteiger charge is 2.16. The molecule has 0 aromatic heterocycles. The molecule has 1 aromatic rings. The number of amides is 1. The molecule has 1 aliphatic heterocycles. The third kappa shape index (κ3) is 4.17. The first kappa shape index (κ1) is 15.8. The Morgan fingerprint density at radius 2 is 2.10 bits per heavy atom. The van der Waals surface area contributed by atoms with Crippen LogP contribution >= 0.6 is 12.2 Å². The van der Waals surface area contributed by atoms with Crippen LogP contribution in [-0.4, -0.2) is 29.5 Å². The molecule has 1 aliphatic rings. The third-order valence-corrected chi connectivity index (χ3v) is 4.04. The summed E-state index contributed by atoms with van der Waals surface area (Å²) >= 11 is 5.06. The van der Waals surface area contributed by atoms with Crippen molar-refractivity contribution in [3.05, 3.63) is 29.3 Å². The van der Waals surface area contributed by atoms with Gasteiger partial charge in [0.15, 0.2) is 0 Å². The summed E-state index contributed by atoms with van der Waals surface area (Å²) in [5.74, 6) is 0.910. The van der Waals surface area contributed by atoms with Gasteiger partial charge in [-0.05, 0) is 30.5 Å². The van der Waals surface area contributed by atoms with Gasteiger partial charge in [-0.1, -0.05) is 31.1 Å². The number of rotatable bonds is 4. The first-order valence-electron chi connectivity index (χ1n) is 7.36. The van der Waals surface area contributed by atoms with E-state index in [-0.39, 0.29) is 5.91 Å². The van der Waals surface area contributed by atoms with Crippen molar-refractivity contribution in [2.45, 2.75) is 38.6 Å². The van der Waals surface area contributed by atoms with Crippen LogP contribution in [-0.2, 0) is 11.3 Å². The van der Waals surface area contributed by atoms with Gasteiger partial charge in [-0.3, -0.25) is 4.79 Å². The van der Waals surface area contributed by atoms with Gasteiger partial charge < -0.3 is 15.4 Å². The molecule has 21 heavy (non-hydrogen) atoms. The first-order valence-corrected chi connectivity index (χ1v) is 7.77. The Balaban J connectivity index is 2.15. The van der Waals surface area contributed by atoms with E-state index in [0.29, 0.717) is 23.7 Å². The van der Waals surface area contributed by atoms with Crippen LogP contribution in [0.4, 0.5) is 0 Å². The van der Waals surface area contributed by atoms with E-state index in [1.807, 2.05) is 23.1 Å². The summed E-state index contributed by atoms with van der Waals surface area (Å²) in [7, 11) is 1.60. The third-order valence-electron chi connectivity index (χ3n) is 3.82. The fraction of sp³-hybridized carbons (Fsp3) is 0.500. The number of nitrogens with two attached hydrogens (primary N) is 1. The molecular formula is C16H22N2O2S. The molecule has 1 aromatic carbocycles. The lowest BCUT2D eigenvalue weighted by molar-refractivity contribution is -0.132. The Kier molecular flexibility index (Phi) is 5.56. The molecule has 0 saturated carbocycles. The van der Waals surface area contributed by atoms with Crippen molar-refractivity contribution < 1.29 is 9.53 Å². The minimum Gasteiger partial charge on any atom is -0.496 e. The minimum absolute atomic E-state index is 0.238. The van der Waals surface area contributed by atoms with Gasteiger partial charge in [0.2, 0.25) is 5.91 Å². The average Bonchev–Trinajstić information content (AvgIpc) is 2.46. The molecule has 5 heteroatoms. The molecule has 1 saturated heterocycles. The van der Waals surface area contributed by atoms with Crippen LogP contribution in [0.2, 0.25) is 0 Å². The van der Waals surface area contributed by atoms with Crippen LogP contribution in [0.15, 0.2) is 18.2 Å². The van der Waals surface area contributed by atoms with E-state index in [2.05, 4.69) is 0 Å². The number of carbonyl (C=O) groups excluding carboxylic acids is 1. The summed E-state index contributed by atoms with van der Waals surface area (Å²) in [6.45, 7) is 1.44. The molecule has 114 valence electrons. The van der Waals surface area contributed by atoms with Crippen LogP contribution in [0, 0.1) is 0 Å². The van der Waals surface area contributed by atoms with Crippen molar-refractivity contribution in [1.82, 2.24) is 4.90 Å². The second-order valence-corrected chi connectivity index (χ2v) is 5.82. The number of hydrogen-bond donors (Lipinski definition) is 1. The molecule has 1 heterocycles. The van der Waals surface area contributed by atoms with Gasteiger partial charge in [-0.25, -0.2) is 0 Å². The molecule has 2 rings (SSSR count). The van der Waals surface area contributed by atoms with E-state index in [1.54, 1.807) is 7.11 Å². The zero-order chi connectivity index (χ0) is 15.2. The molecule has 0 radical (unpaired) electrons. The highest BCUT2D eigenvalue weighted by atomic mass is 32.1. The second kappa shape index (κ2) is 7.41. The molecule has 0 spiro atoms. The maximum absolute atomic E-state index is 12.2. The fourth-order valence-corrected chi connectivity index (χ4v) is 2.81. The van der Waals surface area contributed by atoms with E-state index in [4.69, 9.17) is 22.7 Å². The Morgan fingerprint density at radius 3 is 2.81 bits per heavy atom. The Bertz CT molecular complexity index is 531. The van der Waals surface area contributed by atoms with Gasteiger partial charge >= 0.3 is 0 Å². The number of methoxy groups -OCH3 is 1. The predicted molar refractivity (Wildman–Crippen MR) is 87.4 cm³/mol. The summed E-state index contributed by atoms with van der Waals surface area (Å²) in [6, 6.07) is 5.75. The van der Waals surface area contributed by atoms with Crippen molar-refractivity contribution in [2.75, 3.05) is 13.7 Å². The van der Waals surface area contributed by atoms with E-state index in [9.17, 15) is 4.79 Å². The average molecular weight is 306 g/mol. The quantitative estimate of drug-likeness (QED) is 0.869. The Hall–Kier alpha value is -1.62. The van der Waals surface area contributed by atoms with Gasteiger partial charge in [0.25, 0.3) is 0 Å². The van der Waals surface area contributed by atoms with E-state index >= 15 is 0 Å². The second-order valence-electron chi connectivity index (χ2n) is 5.38. The largest absolute Gasteiger partial charge is 0.496 e. The molecule has 1 amide bonds. The van der Waals surface area contributed by atoms with Gasteiger partial charge in [0.05, 0.1) is 12.7 Å². The molecule has 4 nitrogen and oxygen atoms in total. The van der Waals surface area contributed by atoms with Gasteiger partial charge in [0, 0.05) is 19.5 Å². The number of thiocarbonyl (C=S) groups is 1. The van der Waals surface area contributed by atoms with E-state index in [0.717, 1.165) is 36.9 Å². The van der Waals surface area contributed by atoms with Crippen molar-refractivity contribution in [1.29, 1.82) is 0 Å². The number of nitrogens with zero attached hydrogens (tertiary/aromatic N) is 1. The fourth-order valence-electron chi connectivity index (χ4n) is 2.65. The van der Waals surface area contributed by atoms with E-state index in [1.165, 1.54) is 6.42 Å². The zero-order valence-corrected chi connectivity index (χ0v) is 13.2. The van der Waals surface area contributed by atoms with Gasteiger partial charge in [-0.15, -0.1) is 0 Å². The lowest BCUT2D eigenvalue weighted by atomic mass is 10.1. The van der Waals surface area contributed by atoms with Crippen LogP contribution in [0.5, 0.6) is 5.75 Å². The summed E-state index contributed by atoms with van der Waals surface area (Å²) in [5, 5.41) is 0.